The fourth-order valence-corrected chi connectivity index (χ4v) is 4.23. The average Bonchev–Trinajstić information content (AvgIpc) is 2.85. The normalized spacial score (nSPS) is 14.2. The number of carbonyl (C=O) groups excluding carboxylic acids is 2. The van der Waals surface area contributed by atoms with E-state index in [1.54, 1.807) is 18.6 Å². The zero-order valence-electron chi connectivity index (χ0n) is 18.9. The molecule has 0 saturated carbocycles. The molecule has 7 heteroatoms. The van der Waals surface area contributed by atoms with Gasteiger partial charge in [-0.15, -0.1) is 0 Å². The van der Waals surface area contributed by atoms with Crippen LogP contribution in [0.3, 0.4) is 0 Å². The second-order valence-electron chi connectivity index (χ2n) is 8.40. The summed E-state index contributed by atoms with van der Waals surface area (Å²) < 4.78 is 0. The molecular weight excluding hydrogens is 414 g/mol. The highest BCUT2D eigenvalue weighted by Gasteiger charge is 2.28. The molecule has 33 heavy (non-hydrogen) atoms. The van der Waals surface area contributed by atoms with Gasteiger partial charge in [-0.05, 0) is 43.4 Å². The summed E-state index contributed by atoms with van der Waals surface area (Å²) in [6.07, 6.45) is 7.76. The van der Waals surface area contributed by atoms with Crippen molar-refractivity contribution in [2.24, 2.45) is 0 Å². The predicted molar refractivity (Wildman–Crippen MR) is 126 cm³/mol. The van der Waals surface area contributed by atoms with Gasteiger partial charge < -0.3 is 10.2 Å². The van der Waals surface area contributed by atoms with Gasteiger partial charge in [0.25, 0.3) is 5.91 Å². The lowest BCUT2D eigenvalue weighted by atomic mass is 9.90. The minimum absolute atomic E-state index is 0.110. The summed E-state index contributed by atoms with van der Waals surface area (Å²) in [5, 5.41) is 3.01. The second-order valence-corrected chi connectivity index (χ2v) is 8.40. The standard InChI is InChI=1S/C26H29N5O2/c1-19-29-18-23(26(33)28-13-9-20-6-3-2-4-7-20)25(30-19)22-10-14-31(15-11-22)24(32)16-21-8-5-12-27-17-21/h2-8,12,17-18,22H,9-11,13-16H2,1H3,(H,28,33). The van der Waals surface area contributed by atoms with Crippen LogP contribution in [0.1, 0.15) is 51.8 Å². The Kier molecular flexibility index (Phi) is 7.40. The molecule has 0 unspecified atom stereocenters. The van der Waals surface area contributed by atoms with E-state index in [2.05, 4.69) is 32.4 Å². The number of carbonyl (C=O) groups is 2. The molecule has 0 spiro atoms. The van der Waals surface area contributed by atoms with Gasteiger partial charge in [0.15, 0.2) is 0 Å². The van der Waals surface area contributed by atoms with Crippen LogP contribution in [0.4, 0.5) is 0 Å². The van der Waals surface area contributed by atoms with E-state index in [4.69, 9.17) is 0 Å². The molecule has 2 amide bonds. The van der Waals surface area contributed by atoms with Crippen LogP contribution in [0, 0.1) is 6.92 Å². The number of nitrogens with one attached hydrogen (secondary N) is 1. The first-order chi connectivity index (χ1) is 16.1. The number of hydrogen-bond donors (Lipinski definition) is 1. The molecule has 4 rings (SSSR count). The first-order valence-electron chi connectivity index (χ1n) is 11.4. The summed E-state index contributed by atoms with van der Waals surface area (Å²) in [6.45, 7) is 3.70. The van der Waals surface area contributed by atoms with Crippen LogP contribution in [0.2, 0.25) is 0 Å². The number of amides is 2. The first kappa shape index (κ1) is 22.6. The number of pyridine rings is 1. The topological polar surface area (TPSA) is 88.1 Å². The molecule has 0 bridgehead atoms. The number of hydrogen-bond acceptors (Lipinski definition) is 5. The van der Waals surface area contributed by atoms with Gasteiger partial charge >= 0.3 is 0 Å². The number of likely N-dealkylation sites (tertiary alicyclic amines) is 1. The van der Waals surface area contributed by atoms with Gasteiger partial charge in [-0.3, -0.25) is 14.6 Å². The minimum Gasteiger partial charge on any atom is -0.352 e. The summed E-state index contributed by atoms with van der Waals surface area (Å²) in [7, 11) is 0. The van der Waals surface area contributed by atoms with E-state index in [-0.39, 0.29) is 17.7 Å². The molecule has 7 nitrogen and oxygen atoms in total. The number of aryl methyl sites for hydroxylation is 1. The Balaban J connectivity index is 1.36. The van der Waals surface area contributed by atoms with Crippen LogP contribution in [-0.4, -0.2) is 51.3 Å². The van der Waals surface area contributed by atoms with E-state index in [1.165, 1.54) is 5.56 Å². The lowest BCUT2D eigenvalue weighted by molar-refractivity contribution is -0.131. The molecule has 0 radical (unpaired) electrons. The molecule has 1 aliphatic rings. The molecule has 3 aromatic rings. The minimum atomic E-state index is -0.143. The molecule has 0 aliphatic carbocycles. The molecule has 0 atom stereocenters. The highest BCUT2D eigenvalue weighted by Crippen LogP contribution is 2.29. The van der Waals surface area contributed by atoms with E-state index in [9.17, 15) is 9.59 Å². The van der Waals surface area contributed by atoms with Crippen LogP contribution in [0.5, 0.6) is 0 Å². The van der Waals surface area contributed by atoms with Gasteiger partial charge in [-0.1, -0.05) is 36.4 Å². The monoisotopic (exact) mass is 443 g/mol. The molecule has 3 heterocycles. The lowest BCUT2D eigenvalue weighted by Crippen LogP contribution is -2.39. The number of nitrogens with zero attached hydrogens (tertiary/aromatic N) is 4. The predicted octanol–water partition coefficient (Wildman–Crippen LogP) is 3.10. The van der Waals surface area contributed by atoms with Crippen LogP contribution in [0.25, 0.3) is 0 Å². The molecule has 170 valence electrons. The maximum absolute atomic E-state index is 12.9. The van der Waals surface area contributed by atoms with E-state index >= 15 is 0 Å². The lowest BCUT2D eigenvalue weighted by Gasteiger charge is -2.32. The Hall–Kier alpha value is -3.61. The number of rotatable bonds is 7. The largest absolute Gasteiger partial charge is 0.352 e. The van der Waals surface area contributed by atoms with Gasteiger partial charge in [0.1, 0.15) is 5.82 Å². The van der Waals surface area contributed by atoms with Crippen LogP contribution in [-0.2, 0) is 17.6 Å². The van der Waals surface area contributed by atoms with Crippen LogP contribution >= 0.6 is 0 Å². The van der Waals surface area contributed by atoms with Crippen molar-refractivity contribution in [2.45, 2.75) is 38.5 Å². The summed E-state index contributed by atoms with van der Waals surface area (Å²) in [5.41, 5.74) is 3.43. The van der Waals surface area contributed by atoms with Crippen LogP contribution < -0.4 is 5.32 Å². The van der Waals surface area contributed by atoms with Crippen molar-refractivity contribution in [2.75, 3.05) is 19.6 Å². The van der Waals surface area contributed by atoms with E-state index in [0.29, 0.717) is 37.4 Å². The van der Waals surface area contributed by atoms with Crippen molar-refractivity contribution in [3.05, 3.63) is 89.3 Å². The number of benzene rings is 1. The molecule has 1 saturated heterocycles. The second kappa shape index (κ2) is 10.8. The molecule has 1 aliphatic heterocycles. The van der Waals surface area contributed by atoms with E-state index in [1.807, 2.05) is 42.2 Å². The van der Waals surface area contributed by atoms with Crippen molar-refractivity contribution in [1.82, 2.24) is 25.2 Å². The highest BCUT2D eigenvalue weighted by atomic mass is 16.2. The van der Waals surface area contributed by atoms with Gasteiger partial charge in [0.2, 0.25) is 5.91 Å². The molecular formula is C26H29N5O2. The van der Waals surface area contributed by atoms with E-state index < -0.39 is 0 Å². The molecule has 2 aromatic heterocycles. The Morgan fingerprint density at radius 3 is 2.52 bits per heavy atom. The highest BCUT2D eigenvalue weighted by molar-refractivity contribution is 5.95. The van der Waals surface area contributed by atoms with E-state index in [0.717, 1.165) is 30.5 Å². The van der Waals surface area contributed by atoms with Crippen molar-refractivity contribution < 1.29 is 9.59 Å². The van der Waals surface area contributed by atoms with Crippen molar-refractivity contribution in [3.8, 4) is 0 Å². The maximum Gasteiger partial charge on any atom is 0.254 e. The van der Waals surface area contributed by atoms with Crippen molar-refractivity contribution in [3.63, 3.8) is 0 Å². The fourth-order valence-electron chi connectivity index (χ4n) is 4.23. The third-order valence-electron chi connectivity index (χ3n) is 6.04. The summed E-state index contributed by atoms with van der Waals surface area (Å²) in [6, 6.07) is 13.8. The SMILES string of the molecule is Cc1ncc(C(=O)NCCc2ccccc2)c(C2CCN(C(=O)Cc3cccnc3)CC2)n1. The maximum atomic E-state index is 12.9. The quantitative estimate of drug-likeness (QED) is 0.606. The zero-order valence-corrected chi connectivity index (χ0v) is 18.9. The Morgan fingerprint density at radius 2 is 1.79 bits per heavy atom. The Bertz CT molecular complexity index is 1080. The van der Waals surface area contributed by atoms with Crippen molar-refractivity contribution in [1.29, 1.82) is 0 Å². The molecule has 1 aromatic carbocycles. The van der Waals surface area contributed by atoms with Crippen LogP contribution in [0.15, 0.2) is 61.1 Å². The number of aromatic nitrogens is 3. The number of piperidine rings is 1. The van der Waals surface area contributed by atoms with Crippen molar-refractivity contribution >= 4 is 11.8 Å². The molecule has 1 N–H and O–H groups in total. The summed E-state index contributed by atoms with van der Waals surface area (Å²) >= 11 is 0. The van der Waals surface area contributed by atoms with Gasteiger partial charge in [-0.25, -0.2) is 9.97 Å². The Labute approximate surface area is 194 Å². The zero-order chi connectivity index (χ0) is 23.0. The molecule has 1 fully saturated rings. The summed E-state index contributed by atoms with van der Waals surface area (Å²) in [4.78, 5) is 40.5. The smallest absolute Gasteiger partial charge is 0.254 e. The fraction of sp³-hybridized carbons (Fsp3) is 0.346. The van der Waals surface area contributed by atoms with Gasteiger partial charge in [0.05, 0.1) is 17.7 Å². The third-order valence-corrected chi connectivity index (χ3v) is 6.04. The van der Waals surface area contributed by atoms with Gasteiger partial charge in [0, 0.05) is 44.1 Å². The van der Waals surface area contributed by atoms with Gasteiger partial charge in [-0.2, -0.15) is 0 Å². The summed E-state index contributed by atoms with van der Waals surface area (Å²) in [5.74, 6) is 0.750. The third kappa shape index (κ3) is 6.00. The first-order valence-corrected chi connectivity index (χ1v) is 11.4. The Morgan fingerprint density at radius 1 is 1.03 bits per heavy atom. The average molecular weight is 444 g/mol.